The number of aromatic hydroxyl groups is 1. The van der Waals surface area contributed by atoms with Gasteiger partial charge in [-0.25, -0.2) is 4.39 Å². The first-order chi connectivity index (χ1) is 5.59. The Bertz CT molecular complexity index is 309. The number of halogens is 2. The smallest absolute Gasteiger partial charge is 0.123 e. The minimum Gasteiger partial charge on any atom is -0.508 e. The topological polar surface area (TPSA) is 20.2 Å². The highest BCUT2D eigenvalue weighted by Crippen LogP contribution is 2.21. The highest BCUT2D eigenvalue weighted by molar-refractivity contribution is 6.29. The first kappa shape index (κ1) is 9.07. The quantitative estimate of drug-likeness (QED) is 0.753. The Morgan fingerprint density at radius 3 is 2.83 bits per heavy atom. The Morgan fingerprint density at radius 1 is 1.58 bits per heavy atom. The van der Waals surface area contributed by atoms with Gasteiger partial charge in [0.05, 0.1) is 0 Å². The fourth-order valence-electron chi connectivity index (χ4n) is 0.902. The molecule has 0 heterocycles. The molecule has 1 aromatic carbocycles. The van der Waals surface area contributed by atoms with Crippen LogP contribution in [0.2, 0.25) is 0 Å². The number of phenols is 1. The van der Waals surface area contributed by atoms with E-state index in [-0.39, 0.29) is 18.0 Å². The molecular weight excluding hydrogens is 179 g/mol. The Balaban J connectivity index is 2.97. The lowest BCUT2D eigenvalue weighted by atomic mass is 10.1. The Hall–Kier alpha value is -1.02. The fourth-order valence-corrected chi connectivity index (χ4v) is 1.05. The molecular formula is C9H8ClFO. The molecule has 0 fully saturated rings. The maximum atomic E-state index is 12.6. The van der Waals surface area contributed by atoms with Crippen LogP contribution in [0.3, 0.4) is 0 Å². The molecule has 0 bridgehead atoms. The molecule has 3 heteroatoms. The molecule has 1 rings (SSSR count). The minimum atomic E-state index is -0.388. The molecule has 12 heavy (non-hydrogen) atoms. The number of allylic oxidation sites excluding steroid dienone is 1. The van der Waals surface area contributed by atoms with Crippen LogP contribution in [-0.4, -0.2) is 5.11 Å². The maximum Gasteiger partial charge on any atom is 0.123 e. The molecule has 0 spiro atoms. The lowest BCUT2D eigenvalue weighted by molar-refractivity contribution is 0.467. The van der Waals surface area contributed by atoms with Gasteiger partial charge in [-0.3, -0.25) is 0 Å². The van der Waals surface area contributed by atoms with Crippen molar-refractivity contribution in [2.24, 2.45) is 0 Å². The zero-order valence-corrected chi connectivity index (χ0v) is 7.11. The van der Waals surface area contributed by atoms with Crippen molar-refractivity contribution in [1.29, 1.82) is 0 Å². The second-order valence-corrected chi connectivity index (χ2v) is 3.00. The van der Waals surface area contributed by atoms with Crippen LogP contribution in [0.1, 0.15) is 5.56 Å². The van der Waals surface area contributed by atoms with Gasteiger partial charge in [0.2, 0.25) is 0 Å². The summed E-state index contributed by atoms with van der Waals surface area (Å²) in [6.45, 7) is 3.45. The van der Waals surface area contributed by atoms with Crippen molar-refractivity contribution in [3.05, 3.63) is 41.2 Å². The normalized spacial score (nSPS) is 9.83. The lowest BCUT2D eigenvalue weighted by Gasteiger charge is -2.02. The van der Waals surface area contributed by atoms with E-state index in [1.165, 1.54) is 18.2 Å². The summed E-state index contributed by atoms with van der Waals surface area (Å²) in [4.78, 5) is 0. The second-order valence-electron chi connectivity index (χ2n) is 2.47. The van der Waals surface area contributed by atoms with E-state index in [0.29, 0.717) is 10.6 Å². The van der Waals surface area contributed by atoms with Gasteiger partial charge in [-0.1, -0.05) is 18.2 Å². The largest absolute Gasteiger partial charge is 0.508 e. The van der Waals surface area contributed by atoms with Crippen molar-refractivity contribution in [2.45, 2.75) is 6.42 Å². The van der Waals surface area contributed by atoms with Gasteiger partial charge in [0.25, 0.3) is 0 Å². The van der Waals surface area contributed by atoms with E-state index < -0.39 is 0 Å². The zero-order valence-electron chi connectivity index (χ0n) is 6.35. The first-order valence-corrected chi connectivity index (χ1v) is 3.78. The fraction of sp³-hybridized carbons (Fsp3) is 0.111. The zero-order chi connectivity index (χ0) is 9.14. The van der Waals surface area contributed by atoms with E-state index in [1.807, 2.05) is 0 Å². The van der Waals surface area contributed by atoms with Crippen molar-refractivity contribution >= 4 is 11.6 Å². The summed E-state index contributed by atoms with van der Waals surface area (Å²) < 4.78 is 12.6. The first-order valence-electron chi connectivity index (χ1n) is 3.40. The van der Waals surface area contributed by atoms with E-state index in [1.54, 1.807) is 0 Å². The highest BCUT2D eigenvalue weighted by Gasteiger charge is 2.02. The molecule has 1 aromatic rings. The third-order valence-electron chi connectivity index (χ3n) is 1.42. The second kappa shape index (κ2) is 3.59. The summed E-state index contributed by atoms with van der Waals surface area (Å²) in [5.41, 5.74) is 0.454. The number of hydrogen-bond donors (Lipinski definition) is 1. The summed E-state index contributed by atoms with van der Waals surface area (Å²) in [5.74, 6) is -0.348. The van der Waals surface area contributed by atoms with E-state index in [0.717, 1.165) is 0 Å². The van der Waals surface area contributed by atoms with Gasteiger partial charge in [-0.15, -0.1) is 0 Å². The number of rotatable bonds is 2. The molecule has 0 saturated heterocycles. The summed E-state index contributed by atoms with van der Waals surface area (Å²) in [5, 5.41) is 9.59. The van der Waals surface area contributed by atoms with Gasteiger partial charge >= 0.3 is 0 Å². The van der Waals surface area contributed by atoms with E-state index in [4.69, 9.17) is 11.6 Å². The molecule has 0 aliphatic rings. The third-order valence-corrected chi connectivity index (χ3v) is 1.56. The SMILES string of the molecule is C=C(Cl)Cc1cc(F)ccc1O. The Labute approximate surface area is 75.1 Å². The molecule has 64 valence electrons. The average molecular weight is 187 g/mol. The molecule has 0 atom stereocenters. The predicted molar refractivity (Wildman–Crippen MR) is 46.8 cm³/mol. The van der Waals surface area contributed by atoms with Crippen LogP contribution >= 0.6 is 11.6 Å². The average Bonchev–Trinajstić information content (AvgIpc) is 1.96. The summed E-state index contributed by atoms with van der Waals surface area (Å²) >= 11 is 5.51. The van der Waals surface area contributed by atoms with Crippen LogP contribution in [0.15, 0.2) is 29.8 Å². The van der Waals surface area contributed by atoms with Crippen LogP contribution in [0.5, 0.6) is 5.75 Å². The van der Waals surface area contributed by atoms with Crippen molar-refractivity contribution < 1.29 is 9.50 Å². The monoisotopic (exact) mass is 186 g/mol. The van der Waals surface area contributed by atoms with E-state index in [2.05, 4.69) is 6.58 Å². The van der Waals surface area contributed by atoms with Gasteiger partial charge in [0.15, 0.2) is 0 Å². The summed E-state index contributed by atoms with van der Waals surface area (Å²) in [7, 11) is 0. The molecule has 0 unspecified atom stereocenters. The molecule has 1 N–H and O–H groups in total. The molecule has 0 aromatic heterocycles. The van der Waals surface area contributed by atoms with E-state index in [9.17, 15) is 9.50 Å². The van der Waals surface area contributed by atoms with Crippen LogP contribution in [0, 0.1) is 5.82 Å². The summed E-state index contributed by atoms with van der Waals surface area (Å²) in [6, 6.07) is 3.73. The van der Waals surface area contributed by atoms with Gasteiger partial charge in [0.1, 0.15) is 11.6 Å². The van der Waals surface area contributed by atoms with Crippen molar-refractivity contribution in [3.63, 3.8) is 0 Å². The molecule has 1 nitrogen and oxygen atoms in total. The van der Waals surface area contributed by atoms with Crippen LogP contribution in [-0.2, 0) is 6.42 Å². The number of phenolic OH excluding ortho intramolecular Hbond substituents is 1. The number of benzene rings is 1. The molecule has 0 radical (unpaired) electrons. The molecule has 0 saturated carbocycles. The third kappa shape index (κ3) is 2.24. The Morgan fingerprint density at radius 2 is 2.25 bits per heavy atom. The van der Waals surface area contributed by atoms with Crippen LogP contribution < -0.4 is 0 Å². The van der Waals surface area contributed by atoms with Crippen molar-refractivity contribution in [1.82, 2.24) is 0 Å². The van der Waals surface area contributed by atoms with Gasteiger partial charge in [-0.05, 0) is 18.2 Å². The van der Waals surface area contributed by atoms with Gasteiger partial charge < -0.3 is 5.11 Å². The summed E-state index contributed by atoms with van der Waals surface area (Å²) in [6.07, 6.45) is 0.283. The lowest BCUT2D eigenvalue weighted by Crippen LogP contribution is -1.86. The highest BCUT2D eigenvalue weighted by atomic mass is 35.5. The number of hydrogen-bond acceptors (Lipinski definition) is 1. The molecule has 0 amide bonds. The predicted octanol–water partition coefficient (Wildman–Crippen LogP) is 2.83. The van der Waals surface area contributed by atoms with Crippen LogP contribution in [0.25, 0.3) is 0 Å². The van der Waals surface area contributed by atoms with Crippen molar-refractivity contribution in [2.75, 3.05) is 0 Å². The molecule has 0 aliphatic carbocycles. The van der Waals surface area contributed by atoms with Gasteiger partial charge in [0, 0.05) is 17.0 Å². The van der Waals surface area contributed by atoms with Gasteiger partial charge in [-0.2, -0.15) is 0 Å². The minimum absolute atomic E-state index is 0.0400. The standard InChI is InChI=1S/C9H8ClFO/c1-6(10)4-7-5-8(11)2-3-9(7)12/h2-3,5,12H,1,4H2. The Kier molecular flexibility index (Phi) is 2.71. The van der Waals surface area contributed by atoms with Crippen molar-refractivity contribution in [3.8, 4) is 5.75 Å². The van der Waals surface area contributed by atoms with Crippen LogP contribution in [0.4, 0.5) is 4.39 Å². The maximum absolute atomic E-state index is 12.6. The molecule has 0 aliphatic heterocycles. The van der Waals surface area contributed by atoms with E-state index >= 15 is 0 Å².